The fourth-order valence-corrected chi connectivity index (χ4v) is 8.20. The molecule has 2 aromatic heterocycles. The lowest BCUT2D eigenvalue weighted by Gasteiger charge is -2.32. The summed E-state index contributed by atoms with van der Waals surface area (Å²) < 4.78 is 58.9. The molecule has 7 atom stereocenters. The fourth-order valence-electron chi connectivity index (χ4n) is 5.16. The molecular formula is C27H45N7O17P3S+. The summed E-state index contributed by atoms with van der Waals surface area (Å²) >= 11 is 3.95. The minimum atomic E-state index is -5.49. The molecule has 310 valence electrons. The maximum absolute atomic E-state index is 12.6. The van der Waals surface area contributed by atoms with Crippen LogP contribution in [-0.2, 0) is 50.3 Å². The standard InChI is InChI=1S/C21H34N7O16P3S.C6H10O/c1-20(2,14(30)18(32)24-4-3-12(29)23-5-6-48)8-41-47(38,39)43-46(36,37)40-7-11-21(42-45(33,34)35)15(31)19(44(11)21)28-10-27-13-16(22)25-9-26-17(13)28;1-2-3-4-5-6-7/h9-11,14-15,19,30-31H,3-8H2,1-2H3,(H8-,22,23,24,25,26,29,32,33,34,35,36,37,38,39,48);4-6H,2-3H2,1H3/p+1/b;5-4+/t11-,14+,15+,19-,21+;/m1./s1. The second kappa shape index (κ2) is 19.2. The Morgan fingerprint density at radius 3 is 2.42 bits per heavy atom. The number of phosphoric acid groups is 3. The molecule has 2 aromatic rings. The Bertz CT molecular complexity index is 1850. The Kier molecular flexibility index (Phi) is 16.3. The Morgan fingerprint density at radius 2 is 1.80 bits per heavy atom. The van der Waals surface area contributed by atoms with Crippen molar-refractivity contribution in [3.8, 4) is 0 Å². The van der Waals surface area contributed by atoms with Crippen molar-refractivity contribution < 1.29 is 80.1 Å². The van der Waals surface area contributed by atoms with Gasteiger partial charge in [-0.1, -0.05) is 33.3 Å². The number of epoxide rings is 1. The van der Waals surface area contributed by atoms with Gasteiger partial charge in [-0.2, -0.15) is 21.5 Å². The molecule has 2 aliphatic rings. The van der Waals surface area contributed by atoms with Gasteiger partial charge in [-0.3, -0.25) is 23.4 Å². The predicted molar refractivity (Wildman–Crippen MR) is 193 cm³/mol. The van der Waals surface area contributed by atoms with Crippen molar-refractivity contribution in [2.45, 2.75) is 70.4 Å². The van der Waals surface area contributed by atoms with Crippen molar-refractivity contribution in [3.05, 3.63) is 24.8 Å². The summed E-state index contributed by atoms with van der Waals surface area (Å²) in [6.07, 6.45) is 2.38. The van der Waals surface area contributed by atoms with Crippen molar-refractivity contribution >= 4 is 71.2 Å². The van der Waals surface area contributed by atoms with Gasteiger partial charge in [-0.15, -0.1) is 0 Å². The Hall–Kier alpha value is -2.70. The topological polar surface area (TPSA) is 357 Å². The van der Waals surface area contributed by atoms with Crippen LogP contribution in [0.4, 0.5) is 5.82 Å². The van der Waals surface area contributed by atoms with Crippen LogP contribution in [0.1, 0.15) is 46.3 Å². The van der Waals surface area contributed by atoms with E-state index in [0.29, 0.717) is 12.3 Å². The zero-order chi connectivity index (χ0) is 41.4. The van der Waals surface area contributed by atoms with E-state index in [9.17, 15) is 57.9 Å². The van der Waals surface area contributed by atoms with Gasteiger partial charge in [0.1, 0.15) is 37.2 Å². The molecule has 28 heteroatoms. The van der Waals surface area contributed by atoms with Crippen molar-refractivity contribution in [2.75, 3.05) is 37.8 Å². The normalized spacial score (nSPS) is 23.7. The summed E-state index contributed by atoms with van der Waals surface area (Å²) in [5.41, 5.74) is 4.46. The van der Waals surface area contributed by atoms with Crippen LogP contribution in [0.25, 0.3) is 11.2 Å². The number of carbonyl (C=O) groups excluding carboxylic acids is 3. The Labute approximate surface area is 319 Å². The second-order valence-corrected chi connectivity index (χ2v) is 17.2. The van der Waals surface area contributed by atoms with E-state index in [1.54, 1.807) is 0 Å². The average molecular weight is 865 g/mol. The Balaban J connectivity index is 0.00000106. The number of fused-ring (bicyclic) bond motifs is 2. The van der Waals surface area contributed by atoms with Gasteiger partial charge in [-0.05, 0) is 12.5 Å². The van der Waals surface area contributed by atoms with E-state index in [1.807, 2.05) is 6.08 Å². The number of aromatic nitrogens is 4. The molecule has 2 aliphatic heterocycles. The Morgan fingerprint density at radius 1 is 1.13 bits per heavy atom. The number of aliphatic hydroxyl groups excluding tert-OH is 2. The summed E-state index contributed by atoms with van der Waals surface area (Å²) in [6.45, 7) is 2.99. The lowest BCUT2D eigenvalue weighted by molar-refractivity contribution is -0.336. The highest BCUT2D eigenvalue weighted by Crippen LogP contribution is 2.72. The maximum atomic E-state index is 12.6. The molecule has 2 amide bonds. The number of thiol groups is 1. The van der Waals surface area contributed by atoms with E-state index in [-0.39, 0.29) is 35.9 Å². The molecule has 0 spiro atoms. The van der Waals surface area contributed by atoms with Crippen molar-refractivity contribution in [1.82, 2.24) is 30.2 Å². The molecule has 0 aromatic carbocycles. The number of nitrogens with zero attached hydrogens (tertiary/aromatic N) is 4. The van der Waals surface area contributed by atoms with Crippen molar-refractivity contribution in [1.29, 1.82) is 0 Å². The molecular weight excluding hydrogens is 819 g/mol. The number of aliphatic hydroxyl groups is 2. The molecule has 0 bridgehead atoms. The van der Waals surface area contributed by atoms with Crippen LogP contribution in [0, 0.1) is 5.41 Å². The number of imidazole rings is 1. The van der Waals surface area contributed by atoms with Gasteiger partial charge in [0.15, 0.2) is 11.5 Å². The number of phosphoric ester groups is 3. The summed E-state index contributed by atoms with van der Waals surface area (Å²) in [4.78, 5) is 84.6. The summed E-state index contributed by atoms with van der Waals surface area (Å²) in [5, 5.41) is 26.2. The van der Waals surface area contributed by atoms with E-state index in [4.69, 9.17) is 19.3 Å². The predicted octanol–water partition coefficient (Wildman–Crippen LogP) is -0.247. The van der Waals surface area contributed by atoms with E-state index in [1.165, 1.54) is 30.8 Å². The largest absolute Gasteiger partial charge is 0.481 e. The first-order valence-electron chi connectivity index (χ1n) is 16.3. The number of aldehydes is 1. The van der Waals surface area contributed by atoms with E-state index in [2.05, 4.69) is 53.8 Å². The molecule has 0 saturated carbocycles. The minimum Gasteiger partial charge on any atom is -0.383 e. The molecule has 2 unspecified atom stereocenters. The number of hydrogen-bond acceptors (Lipinski definition) is 17. The average Bonchev–Trinajstić information content (AvgIpc) is 3.38. The minimum absolute atomic E-state index is 0.00216. The maximum Gasteiger partial charge on any atom is 0.481 e. The van der Waals surface area contributed by atoms with Gasteiger partial charge < -0.3 is 50.5 Å². The smallest absolute Gasteiger partial charge is 0.383 e. The van der Waals surface area contributed by atoms with Crippen LogP contribution in [0.5, 0.6) is 0 Å². The number of unbranched alkanes of at least 4 members (excludes halogenated alkanes) is 1. The molecule has 24 nitrogen and oxygen atoms in total. The summed E-state index contributed by atoms with van der Waals surface area (Å²) in [5.74, 6) is -3.08. The quantitative estimate of drug-likeness (QED) is 0.0193. The third-order valence-corrected chi connectivity index (χ3v) is 11.2. The van der Waals surface area contributed by atoms with Gasteiger partial charge in [0.05, 0.1) is 6.61 Å². The number of amides is 2. The SMILES string of the molecule is CC(C)(COP(=O)(O)OP(=O)(O)OC[C@H]1[O+]2[C@@H](n3cnc4c(N)ncnc43)[C@H](O)[C@]12OP(=O)(O)O)[C@@H](O)C(=O)NCCC(=O)NCCS.CCC/C=C/C=O. The van der Waals surface area contributed by atoms with Crippen LogP contribution in [0.2, 0.25) is 0 Å². The number of rotatable bonds is 21. The number of nitrogens with one attached hydrogen (secondary N) is 2. The van der Waals surface area contributed by atoms with E-state index < -0.39 is 78.3 Å². The monoisotopic (exact) mass is 864 g/mol. The number of nitrogens with two attached hydrogens (primary N) is 1. The van der Waals surface area contributed by atoms with Gasteiger partial charge in [-0.25, -0.2) is 33.2 Å². The first kappa shape index (κ1) is 46.7. The fraction of sp³-hybridized carbons (Fsp3) is 0.630. The molecule has 55 heavy (non-hydrogen) atoms. The lowest BCUT2D eigenvalue weighted by Crippen LogP contribution is -2.52. The zero-order valence-corrected chi connectivity index (χ0v) is 33.3. The van der Waals surface area contributed by atoms with E-state index >= 15 is 0 Å². The highest BCUT2D eigenvalue weighted by Gasteiger charge is 2.96. The molecule has 4 rings (SSSR count). The second-order valence-electron chi connectivity index (χ2n) is 12.5. The molecule has 4 heterocycles. The van der Waals surface area contributed by atoms with Crippen LogP contribution >= 0.6 is 36.1 Å². The van der Waals surface area contributed by atoms with Gasteiger partial charge in [0.25, 0.3) is 18.4 Å². The van der Waals surface area contributed by atoms with Crippen LogP contribution in [-0.4, -0.2) is 124 Å². The number of hydrogen-bond donors (Lipinski definition) is 10. The molecule has 0 aliphatic carbocycles. The van der Waals surface area contributed by atoms with Crippen molar-refractivity contribution in [2.24, 2.45) is 5.41 Å². The van der Waals surface area contributed by atoms with E-state index in [0.717, 1.165) is 25.5 Å². The van der Waals surface area contributed by atoms with Gasteiger partial charge >= 0.3 is 29.3 Å². The number of nitrogen functional groups attached to an aromatic ring is 1. The third-order valence-electron chi connectivity index (χ3n) is 7.87. The highest BCUT2D eigenvalue weighted by molar-refractivity contribution is 7.80. The molecule has 2 saturated heterocycles. The third kappa shape index (κ3) is 12.2. The van der Waals surface area contributed by atoms with Crippen LogP contribution < -0.4 is 16.4 Å². The summed E-state index contributed by atoms with van der Waals surface area (Å²) in [6, 6.07) is 0. The number of carbonyl (C=O) groups is 3. The van der Waals surface area contributed by atoms with Crippen LogP contribution in [0.3, 0.4) is 0 Å². The molecule has 10 N–H and O–H groups in total. The summed E-state index contributed by atoms with van der Waals surface area (Å²) in [7, 11) is -16.2. The number of anilines is 1. The van der Waals surface area contributed by atoms with Crippen LogP contribution in [0.15, 0.2) is 24.8 Å². The highest BCUT2D eigenvalue weighted by atomic mass is 32.1. The van der Waals surface area contributed by atoms with Gasteiger partial charge in [0, 0.05) is 30.7 Å². The molecule has 0 radical (unpaired) electrons. The van der Waals surface area contributed by atoms with Crippen molar-refractivity contribution in [3.63, 3.8) is 0 Å². The number of allylic oxidation sites excluding steroid dienone is 2. The first-order valence-corrected chi connectivity index (χ1v) is 21.4. The zero-order valence-electron chi connectivity index (χ0n) is 29.7. The first-order chi connectivity index (χ1) is 25.6. The lowest BCUT2D eigenvalue weighted by atomic mass is 9.87. The molecule has 2 fully saturated rings. The van der Waals surface area contributed by atoms with Gasteiger partial charge in [0.2, 0.25) is 11.8 Å².